The van der Waals surface area contributed by atoms with Gasteiger partial charge in [-0.25, -0.2) is 9.59 Å². The highest BCUT2D eigenvalue weighted by Gasteiger charge is 2.27. The van der Waals surface area contributed by atoms with E-state index in [2.05, 4.69) is 24.5 Å². The minimum absolute atomic E-state index is 0.113. The molecule has 0 aliphatic carbocycles. The average Bonchev–Trinajstić information content (AvgIpc) is 2.90. The van der Waals surface area contributed by atoms with Crippen molar-refractivity contribution in [1.82, 2.24) is 10.6 Å². The third-order valence-electron chi connectivity index (χ3n) is 5.84. The molecule has 2 rings (SSSR count). The predicted octanol–water partition coefficient (Wildman–Crippen LogP) is 5.67. The molecule has 2 aromatic carbocycles. The summed E-state index contributed by atoms with van der Waals surface area (Å²) < 4.78 is 10.8. The topological polar surface area (TPSA) is 93.7 Å². The van der Waals surface area contributed by atoms with Gasteiger partial charge in [0.15, 0.2) is 0 Å². The van der Waals surface area contributed by atoms with Gasteiger partial charge >= 0.3 is 12.1 Å². The fraction of sp³-hybridized carbons (Fsp3) is 0.483. The van der Waals surface area contributed by atoms with Crippen LogP contribution in [0.15, 0.2) is 60.7 Å². The van der Waals surface area contributed by atoms with Gasteiger partial charge in [-0.05, 0) is 24.0 Å². The summed E-state index contributed by atoms with van der Waals surface area (Å²) in [6.45, 7) is 4.41. The maximum atomic E-state index is 13.2. The molecule has 7 heteroatoms. The number of nitrogens with one attached hydrogen (secondary N) is 2. The summed E-state index contributed by atoms with van der Waals surface area (Å²) in [5.41, 5.74) is 1.74. The Balaban J connectivity index is 1.99. The lowest BCUT2D eigenvalue weighted by molar-refractivity contribution is -0.149. The Hall–Kier alpha value is -3.35. The van der Waals surface area contributed by atoms with Crippen LogP contribution in [0.5, 0.6) is 0 Å². The Morgan fingerprint density at radius 2 is 1.17 bits per heavy atom. The molecule has 0 aliphatic heterocycles. The van der Waals surface area contributed by atoms with Crippen molar-refractivity contribution in [3.63, 3.8) is 0 Å². The first kappa shape index (κ1) is 28.9. The number of rotatable bonds is 16. The summed E-state index contributed by atoms with van der Waals surface area (Å²) >= 11 is 0. The van der Waals surface area contributed by atoms with Crippen LogP contribution in [0.2, 0.25) is 0 Å². The summed E-state index contributed by atoms with van der Waals surface area (Å²) in [5, 5.41) is 5.52. The van der Waals surface area contributed by atoms with Crippen LogP contribution >= 0.6 is 0 Å². The highest BCUT2D eigenvalue weighted by molar-refractivity contribution is 5.89. The Morgan fingerprint density at radius 1 is 0.667 bits per heavy atom. The molecule has 196 valence electrons. The minimum atomic E-state index is -0.796. The zero-order valence-corrected chi connectivity index (χ0v) is 21.5. The van der Waals surface area contributed by atoms with E-state index < -0.39 is 30.1 Å². The third-order valence-corrected chi connectivity index (χ3v) is 5.84. The molecule has 2 aromatic rings. The van der Waals surface area contributed by atoms with E-state index >= 15 is 0 Å². The number of amides is 2. The van der Waals surface area contributed by atoms with Gasteiger partial charge in [0.1, 0.15) is 25.3 Å². The molecular formula is C29H40N2O5. The van der Waals surface area contributed by atoms with Crippen molar-refractivity contribution in [2.75, 3.05) is 0 Å². The Morgan fingerprint density at radius 3 is 1.69 bits per heavy atom. The molecule has 0 saturated carbocycles. The van der Waals surface area contributed by atoms with Gasteiger partial charge in [0.05, 0.1) is 0 Å². The van der Waals surface area contributed by atoms with Crippen molar-refractivity contribution in [3.05, 3.63) is 71.8 Å². The molecule has 0 unspecified atom stereocenters. The molecule has 0 fully saturated rings. The van der Waals surface area contributed by atoms with Crippen LogP contribution in [-0.4, -0.2) is 30.1 Å². The number of hydrogen-bond acceptors (Lipinski definition) is 5. The van der Waals surface area contributed by atoms with Crippen molar-refractivity contribution in [2.24, 2.45) is 0 Å². The first-order valence-corrected chi connectivity index (χ1v) is 13.0. The number of carbonyl (C=O) groups is 3. The van der Waals surface area contributed by atoms with Gasteiger partial charge in [-0.15, -0.1) is 0 Å². The second-order valence-electron chi connectivity index (χ2n) is 8.90. The SMILES string of the molecule is CCCCC[C@H](NC(=O)OCc1ccccc1)C(=O)N[C@@H](CCCCC)C(=O)OCc1ccccc1. The number of ether oxygens (including phenoxy) is 2. The fourth-order valence-corrected chi connectivity index (χ4v) is 3.72. The van der Waals surface area contributed by atoms with Crippen LogP contribution in [0.3, 0.4) is 0 Å². The van der Waals surface area contributed by atoms with Crippen molar-refractivity contribution in [2.45, 2.75) is 90.5 Å². The van der Waals surface area contributed by atoms with Gasteiger partial charge in [0.2, 0.25) is 5.91 Å². The highest BCUT2D eigenvalue weighted by atomic mass is 16.5. The first-order chi connectivity index (χ1) is 17.5. The first-order valence-electron chi connectivity index (χ1n) is 13.0. The van der Waals surface area contributed by atoms with E-state index in [0.717, 1.165) is 49.7 Å². The van der Waals surface area contributed by atoms with Gasteiger partial charge in [-0.1, -0.05) is 113 Å². The van der Waals surface area contributed by atoms with Crippen molar-refractivity contribution >= 4 is 18.0 Å². The molecule has 0 aromatic heterocycles. The minimum Gasteiger partial charge on any atom is -0.459 e. The number of hydrogen-bond donors (Lipinski definition) is 2. The van der Waals surface area contributed by atoms with Crippen LogP contribution in [0.25, 0.3) is 0 Å². The van der Waals surface area contributed by atoms with E-state index in [-0.39, 0.29) is 13.2 Å². The van der Waals surface area contributed by atoms with Gasteiger partial charge in [0, 0.05) is 0 Å². The van der Waals surface area contributed by atoms with Crippen LogP contribution in [0, 0.1) is 0 Å². The van der Waals surface area contributed by atoms with E-state index in [0.29, 0.717) is 12.8 Å². The van der Waals surface area contributed by atoms with Crippen LogP contribution < -0.4 is 10.6 Å². The Bertz CT molecular complexity index is 904. The number of esters is 1. The zero-order chi connectivity index (χ0) is 26.0. The van der Waals surface area contributed by atoms with Gasteiger partial charge in [-0.2, -0.15) is 0 Å². The van der Waals surface area contributed by atoms with Gasteiger partial charge in [0.25, 0.3) is 0 Å². The van der Waals surface area contributed by atoms with Crippen LogP contribution in [0.1, 0.15) is 76.3 Å². The number of benzene rings is 2. The van der Waals surface area contributed by atoms with Gasteiger partial charge < -0.3 is 20.1 Å². The molecular weight excluding hydrogens is 456 g/mol. The van der Waals surface area contributed by atoms with Crippen LogP contribution in [-0.2, 0) is 32.3 Å². The zero-order valence-electron chi connectivity index (χ0n) is 21.5. The second-order valence-corrected chi connectivity index (χ2v) is 8.90. The molecule has 2 amide bonds. The van der Waals surface area contributed by atoms with E-state index in [1.54, 1.807) is 0 Å². The lowest BCUT2D eigenvalue weighted by atomic mass is 10.1. The molecule has 0 aliphatic rings. The molecule has 36 heavy (non-hydrogen) atoms. The molecule has 0 radical (unpaired) electrons. The van der Waals surface area contributed by atoms with Crippen molar-refractivity contribution in [1.29, 1.82) is 0 Å². The predicted molar refractivity (Wildman–Crippen MR) is 140 cm³/mol. The highest BCUT2D eigenvalue weighted by Crippen LogP contribution is 2.10. The standard InChI is InChI=1S/C29H40N2O5/c1-3-5-9-19-25(31-29(34)36-22-24-17-13-8-14-18-24)27(32)30-26(20-10-6-4-2)28(33)35-21-23-15-11-7-12-16-23/h7-8,11-18,25-26H,3-6,9-10,19-22H2,1-2H3,(H,30,32)(H,31,34)/t25-,26-/m0/s1. The van der Waals surface area contributed by atoms with Gasteiger partial charge in [-0.3, -0.25) is 4.79 Å². The maximum Gasteiger partial charge on any atom is 0.408 e. The Kier molecular flexibility index (Phi) is 13.8. The maximum absolute atomic E-state index is 13.2. The van der Waals surface area contributed by atoms with E-state index in [4.69, 9.17) is 9.47 Å². The summed E-state index contributed by atoms with van der Waals surface area (Å²) in [7, 11) is 0. The summed E-state index contributed by atoms with van der Waals surface area (Å²) in [5.74, 6) is -0.872. The molecule has 0 saturated heterocycles. The van der Waals surface area contributed by atoms with Crippen LogP contribution in [0.4, 0.5) is 4.79 Å². The molecule has 0 heterocycles. The van der Waals surface area contributed by atoms with E-state index in [1.807, 2.05) is 60.7 Å². The summed E-state index contributed by atoms with van der Waals surface area (Å²) in [4.78, 5) is 38.5. The number of unbranched alkanes of at least 4 members (excludes halogenated alkanes) is 4. The third kappa shape index (κ3) is 11.4. The largest absolute Gasteiger partial charge is 0.459 e. The lowest BCUT2D eigenvalue weighted by Gasteiger charge is -2.23. The van der Waals surface area contributed by atoms with Crippen molar-refractivity contribution in [3.8, 4) is 0 Å². The Labute approximate surface area is 215 Å². The number of alkyl carbamates (subject to hydrolysis) is 1. The lowest BCUT2D eigenvalue weighted by Crippen LogP contribution is -2.52. The summed E-state index contributed by atoms with van der Waals surface area (Å²) in [6, 6.07) is 17.2. The quantitative estimate of drug-likeness (QED) is 0.231. The summed E-state index contributed by atoms with van der Waals surface area (Å²) in [6.07, 6.45) is 5.69. The molecule has 2 atom stereocenters. The second kappa shape index (κ2) is 17.1. The van der Waals surface area contributed by atoms with E-state index in [9.17, 15) is 14.4 Å². The smallest absolute Gasteiger partial charge is 0.408 e. The molecule has 2 N–H and O–H groups in total. The normalized spacial score (nSPS) is 12.3. The molecule has 0 bridgehead atoms. The molecule has 7 nitrogen and oxygen atoms in total. The number of carbonyl (C=O) groups excluding carboxylic acids is 3. The molecule has 0 spiro atoms. The van der Waals surface area contributed by atoms with Crippen molar-refractivity contribution < 1.29 is 23.9 Å². The monoisotopic (exact) mass is 496 g/mol. The fourth-order valence-electron chi connectivity index (χ4n) is 3.72. The van der Waals surface area contributed by atoms with E-state index in [1.165, 1.54) is 0 Å². The average molecular weight is 497 g/mol.